The molecule has 0 radical (unpaired) electrons. The van der Waals surface area contributed by atoms with Crippen LogP contribution in [-0.2, 0) is 19.5 Å². The standard InChI is InChI=1S/C16H19N3O.ClH/c1-20-16-5-3-2-4-15(16)19-7-6-12-10-18-14(9-17)8-13(12)11-19;/h2-5,8,10H,6-7,9,11,17H2,1H3;1H. The molecule has 4 nitrogen and oxygen atoms in total. The van der Waals surface area contributed by atoms with Gasteiger partial charge in [-0.1, -0.05) is 12.1 Å². The second-order valence-corrected chi connectivity index (χ2v) is 4.99. The van der Waals surface area contributed by atoms with Gasteiger partial charge >= 0.3 is 0 Å². The van der Waals surface area contributed by atoms with Gasteiger partial charge in [0.05, 0.1) is 18.5 Å². The number of benzene rings is 1. The molecule has 21 heavy (non-hydrogen) atoms. The Labute approximate surface area is 131 Å². The SMILES string of the molecule is COc1ccccc1N1CCc2cnc(CN)cc2C1.Cl. The zero-order chi connectivity index (χ0) is 13.9. The summed E-state index contributed by atoms with van der Waals surface area (Å²) in [4.78, 5) is 6.72. The minimum absolute atomic E-state index is 0. The van der Waals surface area contributed by atoms with E-state index in [2.05, 4.69) is 22.0 Å². The van der Waals surface area contributed by atoms with Gasteiger partial charge in [-0.2, -0.15) is 0 Å². The lowest BCUT2D eigenvalue weighted by Crippen LogP contribution is -2.31. The van der Waals surface area contributed by atoms with E-state index in [9.17, 15) is 0 Å². The molecule has 1 aromatic carbocycles. The molecule has 0 bridgehead atoms. The summed E-state index contributed by atoms with van der Waals surface area (Å²) in [6.45, 7) is 2.35. The van der Waals surface area contributed by atoms with Gasteiger partial charge in [0.1, 0.15) is 5.75 Å². The number of para-hydroxylation sites is 2. The number of ether oxygens (including phenoxy) is 1. The van der Waals surface area contributed by atoms with Crippen molar-refractivity contribution in [1.82, 2.24) is 4.98 Å². The van der Waals surface area contributed by atoms with Crippen LogP contribution in [0.25, 0.3) is 0 Å². The molecule has 1 aliphatic rings. The highest BCUT2D eigenvalue weighted by molar-refractivity contribution is 5.85. The maximum atomic E-state index is 5.68. The molecule has 0 atom stereocenters. The van der Waals surface area contributed by atoms with E-state index in [1.807, 2.05) is 24.4 Å². The molecular weight excluding hydrogens is 286 g/mol. The molecule has 5 heteroatoms. The number of anilines is 1. The third-order valence-electron chi connectivity index (χ3n) is 3.79. The number of methoxy groups -OCH3 is 1. The predicted molar refractivity (Wildman–Crippen MR) is 87.1 cm³/mol. The Morgan fingerprint density at radius 1 is 1.29 bits per heavy atom. The second-order valence-electron chi connectivity index (χ2n) is 4.99. The van der Waals surface area contributed by atoms with Crippen LogP contribution in [0.1, 0.15) is 16.8 Å². The number of halogens is 1. The fraction of sp³-hybridized carbons (Fsp3) is 0.312. The van der Waals surface area contributed by atoms with Crippen LogP contribution in [-0.4, -0.2) is 18.6 Å². The van der Waals surface area contributed by atoms with Crippen molar-refractivity contribution in [2.45, 2.75) is 19.5 Å². The number of pyridine rings is 1. The zero-order valence-electron chi connectivity index (χ0n) is 12.1. The van der Waals surface area contributed by atoms with E-state index >= 15 is 0 Å². The van der Waals surface area contributed by atoms with E-state index in [0.717, 1.165) is 36.6 Å². The van der Waals surface area contributed by atoms with Crippen molar-refractivity contribution in [3.63, 3.8) is 0 Å². The minimum atomic E-state index is 0. The average Bonchev–Trinajstić information content (AvgIpc) is 2.53. The monoisotopic (exact) mass is 305 g/mol. The summed E-state index contributed by atoms with van der Waals surface area (Å²) in [5.41, 5.74) is 10.4. The van der Waals surface area contributed by atoms with Gasteiger partial charge in [0, 0.05) is 25.8 Å². The molecule has 0 unspecified atom stereocenters. The van der Waals surface area contributed by atoms with Gasteiger partial charge in [0.25, 0.3) is 0 Å². The molecule has 0 saturated heterocycles. The lowest BCUT2D eigenvalue weighted by Gasteiger charge is -2.31. The van der Waals surface area contributed by atoms with Gasteiger partial charge in [0.15, 0.2) is 0 Å². The summed E-state index contributed by atoms with van der Waals surface area (Å²) in [6, 6.07) is 10.3. The zero-order valence-corrected chi connectivity index (χ0v) is 12.9. The van der Waals surface area contributed by atoms with Crippen molar-refractivity contribution < 1.29 is 4.74 Å². The third-order valence-corrected chi connectivity index (χ3v) is 3.79. The van der Waals surface area contributed by atoms with Gasteiger partial charge in [-0.05, 0) is 35.7 Å². The van der Waals surface area contributed by atoms with Gasteiger partial charge in [0.2, 0.25) is 0 Å². The fourth-order valence-corrected chi connectivity index (χ4v) is 2.70. The molecule has 2 N–H and O–H groups in total. The molecule has 1 aromatic heterocycles. The normalized spacial score (nSPS) is 13.3. The van der Waals surface area contributed by atoms with Crippen molar-refractivity contribution in [3.05, 3.63) is 53.3 Å². The summed E-state index contributed by atoms with van der Waals surface area (Å²) >= 11 is 0. The fourth-order valence-electron chi connectivity index (χ4n) is 2.70. The Morgan fingerprint density at radius 2 is 2.10 bits per heavy atom. The molecule has 0 amide bonds. The predicted octanol–water partition coefficient (Wildman–Crippen LogP) is 2.53. The number of nitrogens with two attached hydrogens (primary N) is 1. The van der Waals surface area contributed by atoms with Crippen molar-refractivity contribution >= 4 is 18.1 Å². The first kappa shape index (κ1) is 15.6. The Bertz CT molecular complexity index is 618. The van der Waals surface area contributed by atoms with Crippen molar-refractivity contribution in [2.24, 2.45) is 5.73 Å². The first-order valence-corrected chi connectivity index (χ1v) is 6.86. The van der Waals surface area contributed by atoms with Gasteiger partial charge in [-0.3, -0.25) is 4.98 Å². The molecule has 0 spiro atoms. The van der Waals surface area contributed by atoms with Crippen LogP contribution in [0, 0.1) is 0 Å². The maximum Gasteiger partial charge on any atom is 0.142 e. The lowest BCUT2D eigenvalue weighted by molar-refractivity contribution is 0.414. The summed E-state index contributed by atoms with van der Waals surface area (Å²) in [7, 11) is 1.72. The third kappa shape index (κ3) is 3.12. The number of hydrogen-bond donors (Lipinski definition) is 1. The van der Waals surface area contributed by atoms with E-state index in [1.165, 1.54) is 11.1 Å². The highest BCUT2D eigenvalue weighted by atomic mass is 35.5. The maximum absolute atomic E-state index is 5.68. The molecular formula is C16H20ClN3O. The van der Waals surface area contributed by atoms with Crippen LogP contribution in [0.2, 0.25) is 0 Å². The highest BCUT2D eigenvalue weighted by Crippen LogP contribution is 2.31. The summed E-state index contributed by atoms with van der Waals surface area (Å²) in [6.07, 6.45) is 2.97. The van der Waals surface area contributed by atoms with Crippen LogP contribution >= 0.6 is 12.4 Å². The van der Waals surface area contributed by atoms with Crippen LogP contribution in [0.5, 0.6) is 5.75 Å². The molecule has 0 fully saturated rings. The molecule has 3 rings (SSSR count). The first-order chi connectivity index (χ1) is 9.81. The molecule has 112 valence electrons. The van der Waals surface area contributed by atoms with Crippen molar-refractivity contribution in [3.8, 4) is 5.75 Å². The molecule has 2 heterocycles. The number of hydrogen-bond acceptors (Lipinski definition) is 4. The van der Waals surface area contributed by atoms with Gasteiger partial charge in [-0.15, -0.1) is 12.4 Å². The second kappa shape index (κ2) is 6.78. The van der Waals surface area contributed by atoms with E-state index < -0.39 is 0 Å². The van der Waals surface area contributed by atoms with Crippen molar-refractivity contribution in [2.75, 3.05) is 18.6 Å². The Hall–Kier alpha value is -1.78. The Balaban J connectivity index is 0.00000161. The Morgan fingerprint density at radius 3 is 2.86 bits per heavy atom. The average molecular weight is 306 g/mol. The minimum Gasteiger partial charge on any atom is -0.495 e. The smallest absolute Gasteiger partial charge is 0.142 e. The summed E-state index contributed by atoms with van der Waals surface area (Å²) in [5.74, 6) is 0.920. The molecule has 1 aliphatic heterocycles. The molecule has 0 aliphatic carbocycles. The molecule has 2 aromatic rings. The number of nitrogens with zero attached hydrogens (tertiary/aromatic N) is 2. The van der Waals surface area contributed by atoms with Crippen molar-refractivity contribution in [1.29, 1.82) is 0 Å². The topological polar surface area (TPSA) is 51.4 Å². The number of rotatable bonds is 3. The largest absolute Gasteiger partial charge is 0.495 e. The molecule has 0 saturated carbocycles. The number of fused-ring (bicyclic) bond motifs is 1. The van der Waals surface area contributed by atoms with Crippen LogP contribution < -0.4 is 15.4 Å². The van der Waals surface area contributed by atoms with Gasteiger partial charge < -0.3 is 15.4 Å². The quantitative estimate of drug-likeness (QED) is 0.947. The van der Waals surface area contributed by atoms with E-state index in [0.29, 0.717) is 6.54 Å². The number of aromatic nitrogens is 1. The summed E-state index contributed by atoms with van der Waals surface area (Å²) < 4.78 is 5.46. The highest BCUT2D eigenvalue weighted by Gasteiger charge is 2.19. The van der Waals surface area contributed by atoms with Gasteiger partial charge in [-0.25, -0.2) is 0 Å². The van der Waals surface area contributed by atoms with Crippen LogP contribution in [0.3, 0.4) is 0 Å². The van der Waals surface area contributed by atoms with E-state index in [4.69, 9.17) is 10.5 Å². The van der Waals surface area contributed by atoms with E-state index in [1.54, 1.807) is 7.11 Å². The van der Waals surface area contributed by atoms with Crippen LogP contribution in [0.15, 0.2) is 36.5 Å². The van der Waals surface area contributed by atoms with E-state index in [-0.39, 0.29) is 12.4 Å². The lowest BCUT2D eigenvalue weighted by atomic mass is 10.0. The first-order valence-electron chi connectivity index (χ1n) is 6.86. The Kier molecular flexibility index (Phi) is 5.04. The van der Waals surface area contributed by atoms with Crippen LogP contribution in [0.4, 0.5) is 5.69 Å². The summed E-state index contributed by atoms with van der Waals surface area (Å²) in [5, 5.41) is 0.